The van der Waals surface area contributed by atoms with Crippen molar-refractivity contribution >= 4 is 0 Å². The average Bonchev–Trinajstić information content (AvgIpc) is 1.96. The van der Waals surface area contributed by atoms with Crippen LogP contribution < -0.4 is 5.32 Å². The zero-order chi connectivity index (χ0) is 9.56. The molecule has 0 unspecified atom stereocenters. The lowest BCUT2D eigenvalue weighted by molar-refractivity contribution is -0.699. The third-order valence-electron chi connectivity index (χ3n) is 2.08. The van der Waals surface area contributed by atoms with Gasteiger partial charge in [-0.1, -0.05) is 19.9 Å². The molecule has 3 N–H and O–H groups in total. The molecule has 2 atom stereocenters. The Morgan fingerprint density at radius 3 is 2.33 bits per heavy atom. The van der Waals surface area contributed by atoms with Crippen molar-refractivity contribution in [1.29, 1.82) is 0 Å². The molecule has 2 nitrogen and oxygen atoms in total. The van der Waals surface area contributed by atoms with E-state index in [0.717, 1.165) is 13.0 Å². The monoisotopic (exact) mass is 172 g/mol. The highest BCUT2D eigenvalue weighted by molar-refractivity contribution is 4.73. The summed E-state index contributed by atoms with van der Waals surface area (Å²) in [6.45, 7) is 10.7. The van der Waals surface area contributed by atoms with Crippen molar-refractivity contribution in [1.82, 2.24) is 0 Å². The van der Waals surface area contributed by atoms with Gasteiger partial charge in [-0.05, 0) is 6.92 Å². The Kier molecular flexibility index (Phi) is 6.03. The molecule has 12 heavy (non-hydrogen) atoms. The first kappa shape index (κ1) is 11.7. The molecule has 72 valence electrons. The van der Waals surface area contributed by atoms with Crippen molar-refractivity contribution in [3.63, 3.8) is 0 Å². The molecule has 0 aromatic carbocycles. The molecule has 0 saturated heterocycles. The molecule has 0 rings (SSSR count). The van der Waals surface area contributed by atoms with Crippen LogP contribution in [0.4, 0.5) is 0 Å². The SMILES string of the molecule is C=CC[C@H]([NH2+]C[C@H](C)O)C(C)C. The van der Waals surface area contributed by atoms with Crippen LogP contribution in [0.1, 0.15) is 27.2 Å². The molecule has 0 bridgehead atoms. The Morgan fingerprint density at radius 1 is 1.42 bits per heavy atom. The quantitative estimate of drug-likeness (QED) is 0.563. The van der Waals surface area contributed by atoms with Crippen LogP contribution in [-0.2, 0) is 0 Å². The van der Waals surface area contributed by atoms with Gasteiger partial charge in [0, 0.05) is 12.3 Å². The summed E-state index contributed by atoms with van der Waals surface area (Å²) in [4.78, 5) is 0. The summed E-state index contributed by atoms with van der Waals surface area (Å²) < 4.78 is 0. The van der Waals surface area contributed by atoms with Crippen LogP contribution in [0.25, 0.3) is 0 Å². The highest BCUT2D eigenvalue weighted by Gasteiger charge is 2.14. The first-order valence-electron chi connectivity index (χ1n) is 4.70. The first-order valence-corrected chi connectivity index (χ1v) is 4.70. The molecule has 0 aromatic heterocycles. The van der Waals surface area contributed by atoms with Crippen molar-refractivity contribution < 1.29 is 10.4 Å². The highest BCUT2D eigenvalue weighted by atomic mass is 16.3. The van der Waals surface area contributed by atoms with Crippen molar-refractivity contribution in [2.45, 2.75) is 39.3 Å². The third-order valence-corrected chi connectivity index (χ3v) is 2.08. The van der Waals surface area contributed by atoms with E-state index >= 15 is 0 Å². The van der Waals surface area contributed by atoms with E-state index in [-0.39, 0.29) is 6.10 Å². The number of nitrogens with two attached hydrogens (primary N) is 1. The summed E-state index contributed by atoms with van der Waals surface area (Å²) >= 11 is 0. The maximum atomic E-state index is 9.09. The zero-order valence-electron chi connectivity index (χ0n) is 8.46. The second-order valence-electron chi connectivity index (χ2n) is 3.75. The summed E-state index contributed by atoms with van der Waals surface area (Å²) in [5.74, 6) is 0.641. The molecular weight excluding hydrogens is 150 g/mol. The van der Waals surface area contributed by atoms with Gasteiger partial charge < -0.3 is 10.4 Å². The van der Waals surface area contributed by atoms with Gasteiger partial charge >= 0.3 is 0 Å². The van der Waals surface area contributed by atoms with E-state index in [0.29, 0.717) is 12.0 Å². The number of quaternary nitrogens is 1. The van der Waals surface area contributed by atoms with Gasteiger partial charge in [-0.15, -0.1) is 6.58 Å². The van der Waals surface area contributed by atoms with E-state index < -0.39 is 0 Å². The molecule has 0 aromatic rings. The number of rotatable bonds is 6. The van der Waals surface area contributed by atoms with Gasteiger partial charge in [0.25, 0.3) is 0 Å². The largest absolute Gasteiger partial charge is 0.388 e. The van der Waals surface area contributed by atoms with Gasteiger partial charge in [0.1, 0.15) is 6.54 Å². The molecule has 0 heterocycles. The van der Waals surface area contributed by atoms with Crippen LogP contribution in [0.5, 0.6) is 0 Å². The molecule has 0 aliphatic carbocycles. The second-order valence-corrected chi connectivity index (χ2v) is 3.75. The number of hydrogen-bond donors (Lipinski definition) is 2. The lowest BCUT2D eigenvalue weighted by Gasteiger charge is -2.18. The van der Waals surface area contributed by atoms with Crippen LogP contribution in [0.3, 0.4) is 0 Å². The fourth-order valence-corrected chi connectivity index (χ4v) is 1.20. The third kappa shape index (κ3) is 5.33. The summed E-state index contributed by atoms with van der Waals surface area (Å²) in [6, 6.07) is 0.567. The van der Waals surface area contributed by atoms with Crippen LogP contribution in [0.15, 0.2) is 12.7 Å². The maximum absolute atomic E-state index is 9.09. The Morgan fingerprint density at radius 2 is 2.00 bits per heavy atom. The highest BCUT2D eigenvalue weighted by Crippen LogP contribution is 2.01. The summed E-state index contributed by atoms with van der Waals surface area (Å²) in [5.41, 5.74) is 0. The van der Waals surface area contributed by atoms with Crippen LogP contribution in [-0.4, -0.2) is 23.8 Å². The molecule has 0 amide bonds. The second kappa shape index (κ2) is 6.21. The van der Waals surface area contributed by atoms with E-state index in [1.165, 1.54) is 0 Å². The van der Waals surface area contributed by atoms with E-state index in [2.05, 4.69) is 25.7 Å². The van der Waals surface area contributed by atoms with Crippen LogP contribution in [0, 0.1) is 5.92 Å². The Balaban J connectivity index is 3.70. The minimum atomic E-state index is -0.212. The molecule has 2 heteroatoms. The minimum Gasteiger partial charge on any atom is -0.388 e. The van der Waals surface area contributed by atoms with Gasteiger partial charge in [-0.3, -0.25) is 0 Å². The van der Waals surface area contributed by atoms with Crippen molar-refractivity contribution in [2.24, 2.45) is 5.92 Å². The Labute approximate surface area is 75.7 Å². The molecule has 0 spiro atoms. The summed E-state index contributed by atoms with van der Waals surface area (Å²) in [6.07, 6.45) is 2.75. The van der Waals surface area contributed by atoms with Gasteiger partial charge in [-0.2, -0.15) is 0 Å². The standard InChI is InChI=1S/C10H21NO/c1-5-6-10(8(2)3)11-7-9(4)12/h5,8-12H,1,6-7H2,2-4H3/p+1/t9-,10-/m0/s1. The van der Waals surface area contributed by atoms with E-state index in [1.54, 1.807) is 0 Å². The van der Waals surface area contributed by atoms with Gasteiger partial charge in [0.15, 0.2) is 0 Å². The van der Waals surface area contributed by atoms with Gasteiger partial charge in [0.2, 0.25) is 0 Å². The number of hydrogen-bond acceptors (Lipinski definition) is 1. The topological polar surface area (TPSA) is 36.8 Å². The van der Waals surface area contributed by atoms with Gasteiger partial charge in [0.05, 0.1) is 12.1 Å². The number of aliphatic hydroxyl groups excluding tert-OH is 1. The van der Waals surface area contributed by atoms with Crippen molar-refractivity contribution in [3.05, 3.63) is 12.7 Å². The normalized spacial score (nSPS) is 16.1. The minimum absolute atomic E-state index is 0.212. The molecule has 0 fully saturated rings. The molecule has 0 aliphatic rings. The number of aliphatic hydroxyl groups is 1. The lowest BCUT2D eigenvalue weighted by atomic mass is 10.0. The first-order chi connectivity index (χ1) is 5.57. The van der Waals surface area contributed by atoms with Gasteiger partial charge in [-0.25, -0.2) is 0 Å². The van der Waals surface area contributed by atoms with Crippen LogP contribution in [0.2, 0.25) is 0 Å². The predicted molar refractivity (Wildman–Crippen MR) is 51.9 cm³/mol. The van der Waals surface area contributed by atoms with E-state index in [1.807, 2.05) is 13.0 Å². The fraction of sp³-hybridized carbons (Fsp3) is 0.800. The molecular formula is C10H22NO+. The smallest absolute Gasteiger partial charge is 0.102 e. The zero-order valence-corrected chi connectivity index (χ0v) is 8.46. The van der Waals surface area contributed by atoms with E-state index in [4.69, 9.17) is 5.11 Å². The van der Waals surface area contributed by atoms with Crippen LogP contribution >= 0.6 is 0 Å². The summed E-state index contributed by atoms with van der Waals surface area (Å²) in [7, 11) is 0. The Bertz CT molecular complexity index is 121. The molecule has 0 saturated carbocycles. The van der Waals surface area contributed by atoms with Crippen molar-refractivity contribution in [2.75, 3.05) is 6.54 Å². The Hall–Kier alpha value is -0.340. The molecule has 0 aliphatic heterocycles. The van der Waals surface area contributed by atoms with E-state index in [9.17, 15) is 0 Å². The predicted octanol–water partition coefficient (Wildman–Crippen LogP) is 0.531. The maximum Gasteiger partial charge on any atom is 0.102 e. The van der Waals surface area contributed by atoms with Crippen molar-refractivity contribution in [3.8, 4) is 0 Å². The average molecular weight is 172 g/mol. The molecule has 0 radical (unpaired) electrons. The summed E-state index contributed by atoms with van der Waals surface area (Å²) in [5, 5.41) is 11.3. The fourth-order valence-electron chi connectivity index (χ4n) is 1.20. The lowest BCUT2D eigenvalue weighted by Crippen LogP contribution is -2.92.